The first-order valence-electron chi connectivity index (χ1n) is 10.7. The minimum absolute atomic E-state index is 0. The van der Waals surface area contributed by atoms with E-state index in [4.69, 9.17) is 9.73 Å². The van der Waals surface area contributed by atoms with Gasteiger partial charge in [-0.05, 0) is 38.9 Å². The zero-order valence-electron chi connectivity index (χ0n) is 18.7. The minimum atomic E-state index is -0.000948. The Morgan fingerprint density at radius 3 is 2.43 bits per heavy atom. The van der Waals surface area contributed by atoms with Crippen LogP contribution in [0.5, 0.6) is 5.75 Å². The Kier molecular flexibility index (Phi) is 12.8. The van der Waals surface area contributed by atoms with Gasteiger partial charge in [-0.25, -0.2) is 0 Å². The average Bonchev–Trinajstić information content (AvgIpc) is 3.25. The van der Waals surface area contributed by atoms with E-state index in [0.717, 1.165) is 31.3 Å². The number of amides is 1. The lowest BCUT2D eigenvalue weighted by Crippen LogP contribution is -2.42. The molecule has 1 saturated heterocycles. The van der Waals surface area contributed by atoms with Crippen molar-refractivity contribution in [2.45, 2.75) is 39.7 Å². The maximum absolute atomic E-state index is 11.7. The fourth-order valence-corrected chi connectivity index (χ4v) is 3.50. The van der Waals surface area contributed by atoms with Gasteiger partial charge in [-0.2, -0.15) is 0 Å². The number of ether oxygens (including phenoxy) is 1. The Balaban J connectivity index is 0.00000450. The van der Waals surface area contributed by atoms with Crippen LogP contribution in [0.1, 0.15) is 45.2 Å². The molecule has 0 bridgehead atoms. The summed E-state index contributed by atoms with van der Waals surface area (Å²) in [6.45, 7) is 10.6. The third-order valence-corrected chi connectivity index (χ3v) is 5.09. The number of benzene rings is 1. The number of methoxy groups -OCH3 is 1. The van der Waals surface area contributed by atoms with Crippen LogP contribution in [-0.2, 0) is 4.79 Å². The summed E-state index contributed by atoms with van der Waals surface area (Å²) in [7, 11) is 1.72. The second kappa shape index (κ2) is 14.5. The van der Waals surface area contributed by atoms with E-state index in [1.165, 1.54) is 18.4 Å². The van der Waals surface area contributed by atoms with Crippen LogP contribution in [0.4, 0.5) is 0 Å². The number of para-hydroxylation sites is 1. The summed E-state index contributed by atoms with van der Waals surface area (Å²) in [5, 5.41) is 9.53. The van der Waals surface area contributed by atoms with E-state index in [2.05, 4.69) is 39.9 Å². The topological polar surface area (TPSA) is 78.0 Å². The van der Waals surface area contributed by atoms with Crippen LogP contribution >= 0.6 is 24.0 Å². The fraction of sp³-hybridized carbons (Fsp3) is 0.636. The second-order valence-corrected chi connectivity index (χ2v) is 7.59. The van der Waals surface area contributed by atoms with Gasteiger partial charge in [-0.3, -0.25) is 14.7 Å². The van der Waals surface area contributed by atoms with Crippen LogP contribution in [-0.4, -0.2) is 63.1 Å². The van der Waals surface area contributed by atoms with Crippen molar-refractivity contribution in [2.24, 2.45) is 10.9 Å². The first kappa shape index (κ1) is 26.5. The number of guanidine groups is 1. The van der Waals surface area contributed by atoms with E-state index in [1.54, 1.807) is 7.11 Å². The summed E-state index contributed by atoms with van der Waals surface area (Å²) in [6.07, 6.45) is 2.45. The summed E-state index contributed by atoms with van der Waals surface area (Å²) < 4.78 is 5.61. The molecule has 1 aromatic rings. The van der Waals surface area contributed by atoms with Gasteiger partial charge in [0.25, 0.3) is 0 Å². The van der Waals surface area contributed by atoms with Crippen LogP contribution in [0, 0.1) is 5.92 Å². The molecule has 1 atom stereocenters. The molecule has 0 aromatic heterocycles. The molecule has 170 valence electrons. The lowest BCUT2D eigenvalue weighted by atomic mass is 10.0. The highest BCUT2D eigenvalue weighted by molar-refractivity contribution is 14.0. The molecule has 0 radical (unpaired) electrons. The minimum Gasteiger partial charge on any atom is -0.496 e. The van der Waals surface area contributed by atoms with E-state index in [-0.39, 0.29) is 41.8 Å². The number of nitrogens with one attached hydrogen (secondary N) is 3. The summed E-state index contributed by atoms with van der Waals surface area (Å²) >= 11 is 0. The van der Waals surface area contributed by atoms with Crippen LogP contribution in [0.25, 0.3) is 0 Å². The Labute approximate surface area is 198 Å². The van der Waals surface area contributed by atoms with Gasteiger partial charge in [0.1, 0.15) is 5.75 Å². The Morgan fingerprint density at radius 2 is 1.80 bits per heavy atom. The molecule has 0 aliphatic carbocycles. The molecule has 1 fully saturated rings. The lowest BCUT2D eigenvalue weighted by Gasteiger charge is -2.28. The lowest BCUT2D eigenvalue weighted by molar-refractivity contribution is -0.123. The van der Waals surface area contributed by atoms with E-state index in [1.807, 2.05) is 26.0 Å². The number of carbonyl (C=O) groups excluding carboxylic acids is 1. The molecule has 7 nitrogen and oxygen atoms in total. The predicted molar refractivity (Wildman–Crippen MR) is 134 cm³/mol. The Morgan fingerprint density at radius 1 is 1.13 bits per heavy atom. The van der Waals surface area contributed by atoms with Crippen molar-refractivity contribution in [2.75, 3.05) is 46.4 Å². The molecule has 1 aromatic carbocycles. The molecule has 0 spiro atoms. The molecule has 1 unspecified atom stereocenters. The maximum atomic E-state index is 11.7. The van der Waals surface area contributed by atoms with E-state index in [0.29, 0.717) is 19.6 Å². The predicted octanol–water partition coefficient (Wildman–Crippen LogP) is 2.78. The first-order chi connectivity index (χ1) is 14.1. The highest BCUT2D eigenvalue weighted by atomic mass is 127. The molecule has 1 amide bonds. The summed E-state index contributed by atoms with van der Waals surface area (Å²) in [5.41, 5.74) is 1.18. The normalized spacial score (nSPS) is 15.4. The Bertz CT molecular complexity index is 663. The van der Waals surface area contributed by atoms with Gasteiger partial charge in [-0.1, -0.05) is 32.0 Å². The zero-order chi connectivity index (χ0) is 21.1. The molecular weight excluding hydrogens is 493 g/mol. The highest BCUT2D eigenvalue weighted by Crippen LogP contribution is 2.31. The van der Waals surface area contributed by atoms with Gasteiger partial charge >= 0.3 is 0 Å². The number of rotatable bonds is 10. The van der Waals surface area contributed by atoms with Gasteiger partial charge in [0.05, 0.1) is 19.7 Å². The van der Waals surface area contributed by atoms with Crippen molar-refractivity contribution in [3.8, 4) is 5.75 Å². The van der Waals surface area contributed by atoms with Crippen LogP contribution in [0.2, 0.25) is 0 Å². The number of likely N-dealkylation sites (tertiary alicyclic amines) is 1. The van der Waals surface area contributed by atoms with Crippen molar-refractivity contribution in [1.29, 1.82) is 0 Å². The molecule has 0 saturated carbocycles. The largest absolute Gasteiger partial charge is 0.496 e. The molecule has 8 heteroatoms. The zero-order valence-corrected chi connectivity index (χ0v) is 21.1. The fourth-order valence-electron chi connectivity index (χ4n) is 3.50. The third kappa shape index (κ3) is 8.29. The number of aliphatic imine (C=N–C) groups is 1. The van der Waals surface area contributed by atoms with Crippen molar-refractivity contribution in [3.05, 3.63) is 29.8 Å². The van der Waals surface area contributed by atoms with Gasteiger partial charge in [-0.15, -0.1) is 24.0 Å². The van der Waals surface area contributed by atoms with Gasteiger partial charge in [0, 0.05) is 31.1 Å². The van der Waals surface area contributed by atoms with Crippen LogP contribution in [0.3, 0.4) is 0 Å². The smallest absolute Gasteiger partial charge is 0.222 e. The van der Waals surface area contributed by atoms with Gasteiger partial charge < -0.3 is 20.7 Å². The molecular formula is C22H38IN5O2. The number of nitrogens with zero attached hydrogens (tertiary/aromatic N) is 2. The van der Waals surface area contributed by atoms with Gasteiger partial charge in [0.2, 0.25) is 5.91 Å². The number of hydrogen-bond acceptors (Lipinski definition) is 4. The van der Waals surface area contributed by atoms with Crippen LogP contribution in [0.15, 0.2) is 29.3 Å². The van der Waals surface area contributed by atoms with Crippen molar-refractivity contribution in [3.63, 3.8) is 0 Å². The summed E-state index contributed by atoms with van der Waals surface area (Å²) in [5.74, 6) is 1.75. The average molecular weight is 531 g/mol. The number of halogens is 1. The summed E-state index contributed by atoms with van der Waals surface area (Å²) in [6, 6.07) is 8.40. The molecule has 1 aliphatic heterocycles. The van der Waals surface area contributed by atoms with E-state index >= 15 is 0 Å². The molecule has 30 heavy (non-hydrogen) atoms. The quantitative estimate of drug-likeness (QED) is 0.187. The molecule has 1 aliphatic rings. The van der Waals surface area contributed by atoms with E-state index in [9.17, 15) is 4.79 Å². The van der Waals surface area contributed by atoms with Crippen LogP contribution < -0.4 is 20.7 Å². The van der Waals surface area contributed by atoms with Gasteiger partial charge in [0.15, 0.2) is 5.96 Å². The highest BCUT2D eigenvalue weighted by Gasteiger charge is 2.25. The molecule has 1 heterocycles. The van der Waals surface area contributed by atoms with Crippen molar-refractivity contribution < 1.29 is 9.53 Å². The van der Waals surface area contributed by atoms with Crippen molar-refractivity contribution in [1.82, 2.24) is 20.9 Å². The standard InChI is InChI=1S/C22H37N5O2.HI/c1-5-23-22(25-13-12-24-21(28)17(2)3)26-16-19(27-14-8-9-15-27)18-10-6-7-11-20(18)29-4;/h6-7,10-11,17,19H,5,8-9,12-16H2,1-4H3,(H,24,28)(H2,23,25,26);1H. The monoisotopic (exact) mass is 531 g/mol. The number of carbonyl (C=O) groups is 1. The van der Waals surface area contributed by atoms with E-state index < -0.39 is 0 Å². The molecule has 2 rings (SSSR count). The SMILES string of the molecule is CCNC(=NCC(c1ccccc1OC)N1CCCC1)NCCNC(=O)C(C)C.I. The maximum Gasteiger partial charge on any atom is 0.222 e. The van der Waals surface area contributed by atoms with Crippen molar-refractivity contribution >= 4 is 35.8 Å². The second-order valence-electron chi connectivity index (χ2n) is 7.59. The molecule has 3 N–H and O–H groups in total. The summed E-state index contributed by atoms with van der Waals surface area (Å²) in [4.78, 5) is 19.0. The Hall–Kier alpha value is -1.55. The number of hydrogen-bond donors (Lipinski definition) is 3. The first-order valence-corrected chi connectivity index (χ1v) is 10.7. The third-order valence-electron chi connectivity index (χ3n) is 5.09.